The van der Waals surface area contributed by atoms with Crippen molar-refractivity contribution in [3.05, 3.63) is 47.9 Å². The molecule has 1 aromatic carbocycles. The maximum absolute atomic E-state index is 11.8. The lowest BCUT2D eigenvalue weighted by atomic mass is 9.95. The van der Waals surface area contributed by atoms with Crippen LogP contribution in [-0.2, 0) is 10.9 Å². The molecule has 0 spiro atoms. The van der Waals surface area contributed by atoms with E-state index in [0.29, 0.717) is 37.3 Å². The number of aromatic carboxylic acids is 1. The van der Waals surface area contributed by atoms with Crippen molar-refractivity contribution in [2.75, 3.05) is 69.6 Å². The molecule has 0 amide bonds. The van der Waals surface area contributed by atoms with Gasteiger partial charge in [0.05, 0.1) is 30.2 Å². The van der Waals surface area contributed by atoms with Gasteiger partial charge in [-0.05, 0) is 49.4 Å². The number of piperidine rings is 1. The molecule has 5 rings (SSSR count). The van der Waals surface area contributed by atoms with E-state index < -0.39 is 30.0 Å². The number of rotatable bonds is 6. The summed E-state index contributed by atoms with van der Waals surface area (Å²) in [5, 5.41) is 29.0. The Morgan fingerprint density at radius 3 is 2.12 bits per heavy atom. The Morgan fingerprint density at radius 2 is 1.57 bits per heavy atom. The van der Waals surface area contributed by atoms with Gasteiger partial charge in [0, 0.05) is 64.7 Å². The molecule has 232 valence electrons. The van der Waals surface area contributed by atoms with Gasteiger partial charge in [0.25, 0.3) is 0 Å². The molecule has 5 N–H and O–H groups in total. The summed E-state index contributed by atoms with van der Waals surface area (Å²) in [6.07, 6.45) is -1.71. The zero-order valence-corrected chi connectivity index (χ0v) is 23.4. The molecule has 42 heavy (non-hydrogen) atoms. The number of aliphatic hydroxyl groups excluding tert-OH is 2. The number of alkyl halides is 3. The third kappa shape index (κ3) is 8.98. The monoisotopic (exact) mass is 596 g/mol. The molecule has 3 saturated heterocycles. The van der Waals surface area contributed by atoms with E-state index >= 15 is 0 Å². The summed E-state index contributed by atoms with van der Waals surface area (Å²) in [5.41, 5.74) is 5.35. The van der Waals surface area contributed by atoms with Gasteiger partial charge in [0.2, 0.25) is 0 Å². The fraction of sp³-hybridized carbons (Fsp3) is 0.607. The van der Waals surface area contributed by atoms with Gasteiger partial charge in [0.1, 0.15) is 11.9 Å². The molecule has 1 aromatic heterocycles. The first-order chi connectivity index (χ1) is 20.0. The number of hydrogen-bond acceptors (Lipinski definition) is 10. The van der Waals surface area contributed by atoms with Crippen LogP contribution in [0.25, 0.3) is 0 Å². The Labute approximate surface area is 242 Å². The molecule has 14 heteroatoms. The summed E-state index contributed by atoms with van der Waals surface area (Å²) < 4.78 is 41.1. The minimum atomic E-state index is -4.47. The maximum Gasteiger partial charge on any atom is 0.434 e. The van der Waals surface area contributed by atoms with Crippen LogP contribution in [0.2, 0.25) is 0 Å². The molecule has 3 aliphatic heterocycles. The van der Waals surface area contributed by atoms with Crippen molar-refractivity contribution < 1.29 is 38.0 Å². The molecule has 2 aromatic rings. The average Bonchev–Trinajstić information content (AvgIpc) is 2.97. The number of nitrogens with two attached hydrogens (primary N) is 1. The van der Waals surface area contributed by atoms with E-state index in [-0.39, 0.29) is 11.9 Å². The van der Waals surface area contributed by atoms with E-state index in [1.807, 2.05) is 12.1 Å². The van der Waals surface area contributed by atoms with Crippen LogP contribution in [0.15, 0.2) is 36.7 Å². The van der Waals surface area contributed by atoms with E-state index in [4.69, 9.17) is 15.6 Å². The van der Waals surface area contributed by atoms with Crippen LogP contribution < -0.4 is 10.6 Å². The van der Waals surface area contributed by atoms with E-state index in [9.17, 15) is 28.2 Å². The molecule has 4 heterocycles. The Morgan fingerprint density at radius 1 is 0.952 bits per heavy atom. The van der Waals surface area contributed by atoms with Crippen LogP contribution in [0.3, 0.4) is 0 Å². The number of carboxylic acids is 1. The summed E-state index contributed by atoms with van der Waals surface area (Å²) in [6, 6.07) is 7.19. The van der Waals surface area contributed by atoms with Crippen molar-refractivity contribution in [1.29, 1.82) is 0 Å². The van der Waals surface area contributed by atoms with Crippen LogP contribution in [0.5, 0.6) is 0 Å². The van der Waals surface area contributed by atoms with E-state index in [2.05, 4.69) is 24.7 Å². The highest BCUT2D eigenvalue weighted by Gasteiger charge is 2.34. The third-order valence-electron chi connectivity index (χ3n) is 7.98. The second kappa shape index (κ2) is 14.4. The number of benzene rings is 1. The molecule has 3 fully saturated rings. The normalized spacial score (nSPS) is 24.6. The van der Waals surface area contributed by atoms with Gasteiger partial charge < -0.3 is 35.6 Å². The molecule has 0 radical (unpaired) electrons. The van der Waals surface area contributed by atoms with Gasteiger partial charge >= 0.3 is 12.1 Å². The number of piperazine rings is 1. The number of hydrogen-bond donors (Lipinski definition) is 4. The van der Waals surface area contributed by atoms with Crippen molar-refractivity contribution in [2.24, 2.45) is 5.92 Å². The topological polar surface area (TPSA) is 149 Å². The second-order valence-electron chi connectivity index (χ2n) is 11.0. The summed E-state index contributed by atoms with van der Waals surface area (Å²) in [5.74, 6) is -0.426. The lowest BCUT2D eigenvalue weighted by Gasteiger charge is -2.41. The maximum atomic E-state index is 11.8. The predicted molar refractivity (Wildman–Crippen MR) is 149 cm³/mol. The molecule has 0 saturated carbocycles. The van der Waals surface area contributed by atoms with Crippen LogP contribution in [0, 0.1) is 5.92 Å². The minimum absolute atomic E-state index is 0.236. The van der Waals surface area contributed by atoms with Crippen molar-refractivity contribution >= 4 is 17.5 Å². The number of ether oxygens (including phenoxy) is 1. The number of anilines is 2. The Bertz CT molecular complexity index is 1140. The highest BCUT2D eigenvalue weighted by Crippen LogP contribution is 2.27. The lowest BCUT2D eigenvalue weighted by molar-refractivity contribution is -0.143. The van der Waals surface area contributed by atoms with Gasteiger partial charge in [-0.15, -0.1) is 0 Å². The van der Waals surface area contributed by atoms with Gasteiger partial charge in [-0.2, -0.15) is 13.2 Å². The fourth-order valence-corrected chi connectivity index (χ4v) is 5.50. The Balaban J connectivity index is 0.000000310. The summed E-state index contributed by atoms with van der Waals surface area (Å²) in [7, 11) is 0. The van der Waals surface area contributed by atoms with E-state index in [1.54, 1.807) is 12.1 Å². The zero-order valence-electron chi connectivity index (χ0n) is 23.4. The zero-order chi connectivity index (χ0) is 30.3. The van der Waals surface area contributed by atoms with Crippen LogP contribution >= 0.6 is 0 Å². The molecular formula is C28H39F3N6O5. The Kier molecular flexibility index (Phi) is 11.0. The number of aromatic nitrogens is 2. The highest BCUT2D eigenvalue weighted by molar-refractivity contribution is 5.88. The first kappa shape index (κ1) is 31.9. The third-order valence-corrected chi connectivity index (χ3v) is 7.98. The smallest absolute Gasteiger partial charge is 0.434 e. The van der Waals surface area contributed by atoms with Gasteiger partial charge in [0.15, 0.2) is 5.69 Å². The predicted octanol–water partition coefficient (Wildman–Crippen LogP) is 1.81. The first-order valence-corrected chi connectivity index (χ1v) is 14.1. The number of halogens is 3. The molecule has 3 atom stereocenters. The van der Waals surface area contributed by atoms with Crippen molar-refractivity contribution in [1.82, 2.24) is 19.8 Å². The number of aliphatic hydroxyl groups is 2. The standard InChI is InChI=1S/C23H35N3O5.C5H4F3N3/c27-20-7-14-31-21(22(20)28)16-25-12-10-24(11-13-25)15-17-5-8-26(9-6-17)19-3-1-18(2-4-19)23(29)30;6-5(7,8)3-1-10-2-4(9)11-3/h1-4,17,20-22,27-28H,5-16H2,(H,29,30);1-2H,(H2,9,11). The number of nitrogen functional groups attached to an aromatic ring is 1. The largest absolute Gasteiger partial charge is 0.478 e. The fourth-order valence-electron chi connectivity index (χ4n) is 5.50. The van der Waals surface area contributed by atoms with Crippen LogP contribution in [0.4, 0.5) is 24.7 Å². The first-order valence-electron chi connectivity index (χ1n) is 14.1. The summed E-state index contributed by atoms with van der Waals surface area (Å²) in [4.78, 5) is 24.5. The number of carboxylic acid groups (broad SMARTS) is 1. The van der Waals surface area contributed by atoms with Crippen LogP contribution in [0.1, 0.15) is 35.3 Å². The highest BCUT2D eigenvalue weighted by atomic mass is 19.4. The van der Waals surface area contributed by atoms with Crippen LogP contribution in [-0.4, -0.2) is 118 Å². The van der Waals surface area contributed by atoms with E-state index in [0.717, 1.165) is 70.5 Å². The molecular weight excluding hydrogens is 557 g/mol. The van der Waals surface area contributed by atoms with Gasteiger partial charge in [-0.3, -0.25) is 9.88 Å². The van der Waals surface area contributed by atoms with E-state index in [1.165, 1.54) is 0 Å². The SMILES string of the molecule is Nc1cncc(C(F)(F)F)n1.O=C(O)c1ccc(N2CCC(CN3CCN(CC4OCCC(O)C4O)CC3)CC2)cc1. The summed E-state index contributed by atoms with van der Waals surface area (Å²) in [6.45, 7) is 8.35. The molecule has 0 aliphatic carbocycles. The molecule has 3 aliphatic rings. The molecule has 0 bridgehead atoms. The Hall–Kier alpha value is -3.04. The quantitative estimate of drug-likeness (QED) is 0.387. The average molecular weight is 597 g/mol. The number of carbonyl (C=O) groups is 1. The second-order valence-corrected chi connectivity index (χ2v) is 11.0. The minimum Gasteiger partial charge on any atom is -0.478 e. The lowest BCUT2D eigenvalue weighted by Crippen LogP contribution is -2.54. The van der Waals surface area contributed by atoms with Gasteiger partial charge in [-0.25, -0.2) is 9.78 Å². The van der Waals surface area contributed by atoms with Crippen molar-refractivity contribution in [3.8, 4) is 0 Å². The number of nitrogens with zero attached hydrogens (tertiary/aromatic N) is 5. The van der Waals surface area contributed by atoms with Crippen molar-refractivity contribution in [3.63, 3.8) is 0 Å². The molecule has 3 unspecified atom stereocenters. The molecule has 11 nitrogen and oxygen atoms in total. The summed E-state index contributed by atoms with van der Waals surface area (Å²) >= 11 is 0. The van der Waals surface area contributed by atoms with Crippen molar-refractivity contribution in [2.45, 2.75) is 43.8 Å². The van der Waals surface area contributed by atoms with Gasteiger partial charge in [-0.1, -0.05) is 0 Å².